The molecule has 0 bridgehead atoms. The molecule has 0 amide bonds. The first kappa shape index (κ1) is 11.4. The molecule has 3 nitrogen and oxygen atoms in total. The number of nitrogens with two attached hydrogens (primary N) is 1. The van der Waals surface area contributed by atoms with Crippen molar-refractivity contribution in [3.63, 3.8) is 0 Å². The summed E-state index contributed by atoms with van der Waals surface area (Å²) in [5.74, 6) is 2.79. The van der Waals surface area contributed by atoms with Crippen LogP contribution in [-0.2, 0) is 0 Å². The van der Waals surface area contributed by atoms with E-state index in [1.165, 1.54) is 0 Å². The number of terminal acetylenes is 1. The molecule has 0 unspecified atom stereocenters. The van der Waals surface area contributed by atoms with Crippen molar-refractivity contribution in [1.29, 1.82) is 0 Å². The lowest BCUT2D eigenvalue weighted by Crippen LogP contribution is -2.02. The van der Waals surface area contributed by atoms with Gasteiger partial charge in [0, 0.05) is 0 Å². The van der Waals surface area contributed by atoms with Crippen molar-refractivity contribution in [2.45, 2.75) is 27.7 Å². The molecule has 0 aromatic carbocycles. The third-order valence-corrected chi connectivity index (χ3v) is 1.43. The van der Waals surface area contributed by atoms with E-state index in [4.69, 9.17) is 12.2 Å². The quantitative estimate of drug-likeness (QED) is 0.613. The van der Waals surface area contributed by atoms with Crippen LogP contribution in [0, 0.1) is 26.2 Å². The van der Waals surface area contributed by atoms with Crippen LogP contribution in [-0.4, -0.2) is 9.97 Å². The third-order valence-electron chi connectivity index (χ3n) is 1.43. The largest absolute Gasteiger partial charge is 0.368 e. The predicted molar refractivity (Wildman–Crippen MR) is 55.2 cm³/mol. The van der Waals surface area contributed by atoms with Gasteiger partial charge in [0.2, 0.25) is 5.95 Å². The third kappa shape index (κ3) is 2.75. The van der Waals surface area contributed by atoms with Gasteiger partial charge in [-0.2, -0.15) is 0 Å². The first-order valence-corrected chi connectivity index (χ1v) is 4.22. The summed E-state index contributed by atoms with van der Waals surface area (Å²) < 4.78 is 0. The predicted octanol–water partition coefficient (Wildman–Crippen LogP) is 1.68. The van der Waals surface area contributed by atoms with E-state index in [0.717, 1.165) is 17.0 Å². The van der Waals surface area contributed by atoms with Crippen molar-refractivity contribution >= 4 is 5.95 Å². The summed E-state index contributed by atoms with van der Waals surface area (Å²) in [6.07, 6.45) is 5.23. The van der Waals surface area contributed by atoms with Gasteiger partial charge >= 0.3 is 0 Å². The Morgan fingerprint density at radius 2 is 1.54 bits per heavy atom. The second-order valence-electron chi connectivity index (χ2n) is 2.27. The summed E-state index contributed by atoms with van der Waals surface area (Å²) in [5, 5.41) is 0. The zero-order valence-corrected chi connectivity index (χ0v) is 8.55. The average molecular weight is 177 g/mol. The van der Waals surface area contributed by atoms with Gasteiger partial charge in [-0.05, 0) is 13.8 Å². The van der Waals surface area contributed by atoms with Crippen LogP contribution in [0.1, 0.15) is 30.8 Å². The molecule has 0 aliphatic heterocycles. The molecule has 0 atom stereocenters. The highest BCUT2D eigenvalue weighted by atomic mass is 15.0. The molecule has 0 aliphatic rings. The van der Waals surface area contributed by atoms with Crippen molar-refractivity contribution in [3.05, 3.63) is 17.0 Å². The number of aryl methyl sites for hydroxylation is 2. The standard InChI is InChI=1S/C8H9N3.C2H6/c1-4-7-5(2)10-8(9)11-6(7)3;1-2/h1H,2-3H3,(H2,9,10,11);1-2H3. The Kier molecular flexibility index (Phi) is 4.53. The van der Waals surface area contributed by atoms with E-state index in [0.29, 0.717) is 0 Å². The molecule has 0 radical (unpaired) electrons. The fourth-order valence-electron chi connectivity index (χ4n) is 0.951. The molecule has 2 N–H and O–H groups in total. The number of nitrogen functional groups attached to an aromatic ring is 1. The Morgan fingerprint density at radius 1 is 1.15 bits per heavy atom. The van der Waals surface area contributed by atoms with Crippen LogP contribution in [0.15, 0.2) is 0 Å². The van der Waals surface area contributed by atoms with Crippen LogP contribution in [0.5, 0.6) is 0 Å². The van der Waals surface area contributed by atoms with Crippen molar-refractivity contribution < 1.29 is 0 Å². The van der Waals surface area contributed by atoms with Crippen LogP contribution in [0.4, 0.5) is 5.95 Å². The molecular weight excluding hydrogens is 162 g/mol. The normalized spacial score (nSPS) is 8.23. The van der Waals surface area contributed by atoms with Crippen LogP contribution < -0.4 is 5.73 Å². The first-order chi connectivity index (χ1) is 6.15. The molecule has 3 heteroatoms. The Morgan fingerprint density at radius 3 is 1.85 bits per heavy atom. The van der Waals surface area contributed by atoms with Gasteiger partial charge in [0.15, 0.2) is 0 Å². The fourth-order valence-corrected chi connectivity index (χ4v) is 0.951. The number of rotatable bonds is 0. The highest BCUT2D eigenvalue weighted by Gasteiger charge is 2.02. The summed E-state index contributed by atoms with van der Waals surface area (Å²) in [4.78, 5) is 7.86. The molecule has 13 heavy (non-hydrogen) atoms. The molecule has 0 aliphatic carbocycles. The topological polar surface area (TPSA) is 51.8 Å². The Balaban J connectivity index is 0.000000671. The van der Waals surface area contributed by atoms with E-state index in [2.05, 4.69) is 15.9 Å². The molecule has 0 spiro atoms. The van der Waals surface area contributed by atoms with Gasteiger partial charge in [-0.1, -0.05) is 19.8 Å². The fraction of sp³-hybridized carbons (Fsp3) is 0.400. The Bertz CT molecular complexity index is 300. The lowest BCUT2D eigenvalue weighted by molar-refractivity contribution is 1.06. The molecule has 0 saturated heterocycles. The zero-order valence-electron chi connectivity index (χ0n) is 8.55. The molecule has 1 aromatic heterocycles. The van der Waals surface area contributed by atoms with Crippen LogP contribution >= 0.6 is 0 Å². The average Bonchev–Trinajstić information content (AvgIpc) is 2.07. The highest BCUT2D eigenvalue weighted by Crippen LogP contribution is 2.08. The second-order valence-corrected chi connectivity index (χ2v) is 2.27. The van der Waals surface area contributed by atoms with Crippen molar-refractivity contribution in [3.8, 4) is 12.3 Å². The van der Waals surface area contributed by atoms with Gasteiger partial charge in [-0.15, -0.1) is 6.42 Å². The second kappa shape index (κ2) is 5.15. The van der Waals surface area contributed by atoms with Crippen molar-refractivity contribution in [1.82, 2.24) is 9.97 Å². The van der Waals surface area contributed by atoms with E-state index < -0.39 is 0 Å². The summed E-state index contributed by atoms with van der Waals surface area (Å²) in [7, 11) is 0. The number of hydrogen-bond donors (Lipinski definition) is 1. The van der Waals surface area contributed by atoms with Crippen LogP contribution in [0.2, 0.25) is 0 Å². The van der Waals surface area contributed by atoms with Crippen molar-refractivity contribution in [2.24, 2.45) is 0 Å². The van der Waals surface area contributed by atoms with Gasteiger partial charge in [-0.3, -0.25) is 0 Å². The van der Waals surface area contributed by atoms with Gasteiger partial charge < -0.3 is 5.73 Å². The minimum atomic E-state index is 0.277. The molecule has 1 heterocycles. The Labute approximate surface area is 79.4 Å². The number of nitrogens with zero attached hydrogens (tertiary/aromatic N) is 2. The maximum absolute atomic E-state index is 5.39. The lowest BCUT2D eigenvalue weighted by Gasteiger charge is -2.01. The Hall–Kier alpha value is -1.56. The minimum Gasteiger partial charge on any atom is -0.368 e. The highest BCUT2D eigenvalue weighted by molar-refractivity contribution is 5.41. The molecule has 1 rings (SSSR count). The summed E-state index contributed by atoms with van der Waals surface area (Å²) in [6.45, 7) is 7.64. The van der Waals surface area contributed by atoms with E-state index in [9.17, 15) is 0 Å². The molecule has 0 fully saturated rings. The van der Waals surface area contributed by atoms with Gasteiger partial charge in [0.1, 0.15) is 0 Å². The molecule has 1 aromatic rings. The summed E-state index contributed by atoms with van der Waals surface area (Å²) in [6, 6.07) is 0. The van der Waals surface area contributed by atoms with E-state index in [1.807, 2.05) is 27.7 Å². The van der Waals surface area contributed by atoms with E-state index in [-0.39, 0.29) is 5.95 Å². The monoisotopic (exact) mass is 177 g/mol. The smallest absolute Gasteiger partial charge is 0.220 e. The summed E-state index contributed by atoms with van der Waals surface area (Å²) >= 11 is 0. The van der Waals surface area contributed by atoms with Crippen molar-refractivity contribution in [2.75, 3.05) is 5.73 Å². The SMILES string of the molecule is C#Cc1c(C)nc(N)nc1C.CC. The van der Waals surface area contributed by atoms with E-state index in [1.54, 1.807) is 0 Å². The van der Waals surface area contributed by atoms with Gasteiger partial charge in [-0.25, -0.2) is 9.97 Å². The lowest BCUT2D eigenvalue weighted by atomic mass is 10.2. The number of aromatic nitrogens is 2. The maximum Gasteiger partial charge on any atom is 0.220 e. The summed E-state index contributed by atoms with van der Waals surface area (Å²) in [5.41, 5.74) is 7.65. The molecule has 0 saturated carbocycles. The first-order valence-electron chi connectivity index (χ1n) is 4.22. The van der Waals surface area contributed by atoms with Crippen LogP contribution in [0.25, 0.3) is 0 Å². The van der Waals surface area contributed by atoms with E-state index >= 15 is 0 Å². The minimum absolute atomic E-state index is 0.277. The maximum atomic E-state index is 5.39. The van der Waals surface area contributed by atoms with Gasteiger partial charge in [0.05, 0.1) is 17.0 Å². The number of anilines is 1. The molecule has 70 valence electrons. The number of hydrogen-bond acceptors (Lipinski definition) is 3. The molecular formula is C10H15N3. The van der Waals surface area contributed by atoms with Gasteiger partial charge in [0.25, 0.3) is 0 Å². The zero-order chi connectivity index (χ0) is 10.4. The van der Waals surface area contributed by atoms with Crippen LogP contribution in [0.3, 0.4) is 0 Å².